The van der Waals surface area contributed by atoms with Crippen LogP contribution in [0.3, 0.4) is 0 Å². The average Bonchev–Trinajstić information content (AvgIpc) is 3.51. The number of rotatable bonds is 7. The van der Waals surface area contributed by atoms with Crippen molar-refractivity contribution in [2.45, 2.75) is 44.6 Å². The Balaban J connectivity index is 1.65. The zero-order valence-electron chi connectivity index (χ0n) is 15.8. The minimum Gasteiger partial charge on any atom is -0.497 e. The molecule has 2 aromatic carbocycles. The van der Waals surface area contributed by atoms with Crippen molar-refractivity contribution < 1.29 is 27.6 Å². The molecule has 2 aromatic rings. The van der Waals surface area contributed by atoms with Crippen molar-refractivity contribution >= 4 is 11.6 Å². The average molecular weight is 393 g/mol. The van der Waals surface area contributed by atoms with E-state index in [0.29, 0.717) is 18.3 Å². The highest BCUT2D eigenvalue weighted by atomic mass is 19.4. The Labute approximate surface area is 162 Å². The molecule has 1 fully saturated rings. The van der Waals surface area contributed by atoms with Crippen molar-refractivity contribution in [2.75, 3.05) is 12.4 Å². The Hall–Kier alpha value is -2.54. The molecule has 0 radical (unpaired) electrons. The Kier molecular flexibility index (Phi) is 5.93. The van der Waals surface area contributed by atoms with Crippen LogP contribution in [0.5, 0.6) is 5.75 Å². The smallest absolute Gasteiger partial charge is 0.416 e. The monoisotopic (exact) mass is 393 g/mol. The van der Waals surface area contributed by atoms with Crippen LogP contribution in [-0.4, -0.2) is 25.1 Å². The molecule has 150 valence electrons. The second-order valence-corrected chi connectivity index (χ2v) is 7.16. The number of carbonyl (C=O) groups excluding carboxylic acids is 1. The molecule has 0 heterocycles. The van der Waals surface area contributed by atoms with Crippen molar-refractivity contribution in [3.05, 3.63) is 59.7 Å². The maximum absolute atomic E-state index is 12.7. The molecular weight excluding hydrogens is 369 g/mol. The first-order valence-corrected chi connectivity index (χ1v) is 9.24. The zero-order valence-corrected chi connectivity index (χ0v) is 15.8. The number of amides is 1. The number of hydrogen-bond acceptors (Lipinski definition) is 2. The van der Waals surface area contributed by atoms with E-state index in [0.717, 1.165) is 41.2 Å². The molecule has 0 saturated heterocycles. The molecule has 1 saturated carbocycles. The molecule has 2 N–H and O–H groups in total. The van der Waals surface area contributed by atoms with Gasteiger partial charge in [-0.1, -0.05) is 0 Å². The standard InChI is InChI=1S/C21H23F3N2O2/c1-14(20(27)25-17-7-5-16(6-8-17)21(22,23)24)26(18-9-10-18)13-15-3-11-19(28-2)12-4-15/h3-8,11-12,14,18H,9-10,13H2,1-2H3,(H,25,27)/p+1/t14-/m1/s1. The number of alkyl halides is 3. The number of methoxy groups -OCH3 is 1. The maximum atomic E-state index is 12.7. The van der Waals surface area contributed by atoms with Crippen molar-refractivity contribution in [1.82, 2.24) is 0 Å². The fourth-order valence-electron chi connectivity index (χ4n) is 3.25. The minimum absolute atomic E-state index is 0.199. The number of nitrogens with one attached hydrogen (secondary N) is 2. The third-order valence-corrected chi connectivity index (χ3v) is 5.10. The summed E-state index contributed by atoms with van der Waals surface area (Å²) in [5, 5.41) is 2.74. The highest BCUT2D eigenvalue weighted by Crippen LogP contribution is 2.29. The molecule has 1 amide bonds. The molecule has 0 bridgehead atoms. The van der Waals surface area contributed by atoms with Crippen molar-refractivity contribution in [3.8, 4) is 5.75 Å². The predicted octanol–water partition coefficient (Wildman–Crippen LogP) is 3.29. The lowest BCUT2D eigenvalue weighted by Gasteiger charge is -2.25. The third-order valence-electron chi connectivity index (χ3n) is 5.10. The van der Waals surface area contributed by atoms with Crippen LogP contribution in [0.25, 0.3) is 0 Å². The van der Waals surface area contributed by atoms with Crippen LogP contribution in [-0.2, 0) is 17.5 Å². The lowest BCUT2D eigenvalue weighted by atomic mass is 10.1. The molecule has 1 aliphatic rings. The molecule has 0 aromatic heterocycles. The van der Waals surface area contributed by atoms with Gasteiger partial charge in [0.1, 0.15) is 12.3 Å². The van der Waals surface area contributed by atoms with Crippen LogP contribution in [0.15, 0.2) is 48.5 Å². The Morgan fingerprint density at radius 1 is 1.14 bits per heavy atom. The van der Waals surface area contributed by atoms with E-state index in [4.69, 9.17) is 4.74 Å². The van der Waals surface area contributed by atoms with E-state index in [-0.39, 0.29) is 11.9 Å². The van der Waals surface area contributed by atoms with Gasteiger partial charge in [-0.3, -0.25) is 4.79 Å². The number of anilines is 1. The SMILES string of the molecule is COc1ccc(C[NH+](C2CC2)[C@H](C)C(=O)Nc2ccc(C(F)(F)F)cc2)cc1. The number of halogens is 3. The summed E-state index contributed by atoms with van der Waals surface area (Å²) in [6, 6.07) is 12.4. The first kappa shape index (κ1) is 20.2. The highest BCUT2D eigenvalue weighted by Gasteiger charge is 2.39. The summed E-state index contributed by atoms with van der Waals surface area (Å²) in [4.78, 5) is 13.8. The van der Waals surface area contributed by atoms with E-state index >= 15 is 0 Å². The summed E-state index contributed by atoms with van der Waals surface area (Å²) >= 11 is 0. The van der Waals surface area contributed by atoms with Crippen LogP contribution in [0.2, 0.25) is 0 Å². The predicted molar refractivity (Wildman–Crippen MR) is 100 cm³/mol. The molecular formula is C21H24F3N2O2+. The van der Waals surface area contributed by atoms with E-state index in [2.05, 4.69) is 5.32 Å². The van der Waals surface area contributed by atoms with Gasteiger partial charge in [0.05, 0.1) is 18.7 Å². The van der Waals surface area contributed by atoms with Gasteiger partial charge in [0.2, 0.25) is 0 Å². The Bertz CT molecular complexity index is 800. The second-order valence-electron chi connectivity index (χ2n) is 7.16. The molecule has 2 atom stereocenters. The first-order valence-electron chi connectivity index (χ1n) is 9.24. The minimum atomic E-state index is -4.39. The van der Waals surface area contributed by atoms with Crippen molar-refractivity contribution in [2.24, 2.45) is 0 Å². The van der Waals surface area contributed by atoms with E-state index < -0.39 is 11.7 Å². The van der Waals surface area contributed by atoms with E-state index in [1.54, 1.807) is 7.11 Å². The van der Waals surface area contributed by atoms with Gasteiger partial charge in [-0.15, -0.1) is 0 Å². The lowest BCUT2D eigenvalue weighted by Crippen LogP contribution is -3.16. The van der Waals surface area contributed by atoms with Crippen LogP contribution in [0.4, 0.5) is 18.9 Å². The number of hydrogen-bond donors (Lipinski definition) is 2. The Morgan fingerprint density at radius 2 is 1.75 bits per heavy atom. The van der Waals surface area contributed by atoms with Crippen molar-refractivity contribution in [3.63, 3.8) is 0 Å². The number of carbonyl (C=O) groups is 1. The van der Waals surface area contributed by atoms with Gasteiger partial charge in [-0.05, 0) is 55.5 Å². The Morgan fingerprint density at radius 3 is 2.25 bits per heavy atom. The van der Waals surface area contributed by atoms with Crippen molar-refractivity contribution in [1.29, 1.82) is 0 Å². The summed E-state index contributed by atoms with van der Waals surface area (Å²) in [6.45, 7) is 2.56. The molecule has 3 rings (SSSR count). The van der Waals surface area contributed by atoms with Gasteiger partial charge in [-0.2, -0.15) is 13.2 Å². The molecule has 4 nitrogen and oxygen atoms in total. The molecule has 0 spiro atoms. The van der Waals surface area contributed by atoms with Crippen LogP contribution < -0.4 is 15.0 Å². The van der Waals surface area contributed by atoms with E-state index in [9.17, 15) is 18.0 Å². The highest BCUT2D eigenvalue weighted by molar-refractivity contribution is 5.93. The van der Waals surface area contributed by atoms with Gasteiger partial charge in [0.25, 0.3) is 5.91 Å². The van der Waals surface area contributed by atoms with Gasteiger partial charge < -0.3 is 15.0 Å². The van der Waals surface area contributed by atoms with Crippen LogP contribution in [0.1, 0.15) is 30.9 Å². The normalized spacial score (nSPS) is 16.3. The fraction of sp³-hybridized carbons (Fsp3) is 0.381. The summed E-state index contributed by atoms with van der Waals surface area (Å²) in [5.74, 6) is 0.583. The molecule has 28 heavy (non-hydrogen) atoms. The summed E-state index contributed by atoms with van der Waals surface area (Å²) in [7, 11) is 1.62. The maximum Gasteiger partial charge on any atom is 0.416 e. The second kappa shape index (κ2) is 8.22. The zero-order chi connectivity index (χ0) is 20.3. The van der Waals surface area contributed by atoms with Gasteiger partial charge in [0, 0.05) is 24.1 Å². The van der Waals surface area contributed by atoms with Crippen LogP contribution in [0, 0.1) is 0 Å². The molecule has 7 heteroatoms. The van der Waals surface area contributed by atoms with Gasteiger partial charge >= 0.3 is 6.18 Å². The van der Waals surface area contributed by atoms with E-state index in [1.807, 2.05) is 31.2 Å². The van der Waals surface area contributed by atoms with Gasteiger partial charge in [0.15, 0.2) is 6.04 Å². The largest absolute Gasteiger partial charge is 0.497 e. The summed E-state index contributed by atoms with van der Waals surface area (Å²) < 4.78 is 43.2. The molecule has 1 unspecified atom stereocenters. The molecule has 0 aliphatic heterocycles. The first-order chi connectivity index (χ1) is 13.3. The number of ether oxygens (including phenoxy) is 1. The summed E-state index contributed by atoms with van der Waals surface area (Å²) in [6.07, 6.45) is -2.24. The number of quaternary nitrogens is 1. The van der Waals surface area contributed by atoms with Gasteiger partial charge in [-0.25, -0.2) is 0 Å². The molecule has 1 aliphatic carbocycles. The summed E-state index contributed by atoms with van der Waals surface area (Å²) in [5.41, 5.74) is 0.740. The third kappa shape index (κ3) is 5.04. The topological polar surface area (TPSA) is 42.8 Å². The lowest BCUT2D eigenvalue weighted by molar-refractivity contribution is -0.938. The van der Waals surface area contributed by atoms with Crippen LogP contribution >= 0.6 is 0 Å². The quantitative estimate of drug-likeness (QED) is 0.758. The fourth-order valence-corrected chi connectivity index (χ4v) is 3.25. The van der Waals surface area contributed by atoms with E-state index in [1.165, 1.54) is 12.1 Å². The number of benzene rings is 2.